The van der Waals surface area contributed by atoms with E-state index in [2.05, 4.69) is 15.5 Å². The summed E-state index contributed by atoms with van der Waals surface area (Å²) in [6, 6.07) is 17.3. The Balaban J connectivity index is 1.52. The highest BCUT2D eigenvalue weighted by Gasteiger charge is 2.13. The van der Waals surface area contributed by atoms with Crippen LogP contribution in [0.1, 0.15) is 11.4 Å². The minimum absolute atomic E-state index is 0.0705. The van der Waals surface area contributed by atoms with Crippen LogP contribution in [0.5, 0.6) is 5.75 Å². The van der Waals surface area contributed by atoms with E-state index in [-0.39, 0.29) is 12.5 Å². The lowest BCUT2D eigenvalue weighted by Gasteiger charge is -2.09. The van der Waals surface area contributed by atoms with E-state index in [1.54, 1.807) is 13.0 Å². The first-order valence-corrected chi connectivity index (χ1v) is 8.05. The number of para-hydroxylation sites is 1. The summed E-state index contributed by atoms with van der Waals surface area (Å²) in [5.41, 5.74) is 1.85. The van der Waals surface area contributed by atoms with Gasteiger partial charge in [0.25, 0.3) is 11.8 Å². The normalized spacial score (nSPS) is 10.4. The van der Waals surface area contributed by atoms with E-state index in [0.717, 1.165) is 6.42 Å². The van der Waals surface area contributed by atoms with E-state index < -0.39 is 0 Å². The van der Waals surface area contributed by atoms with Crippen molar-refractivity contribution < 1.29 is 14.1 Å². The predicted octanol–water partition coefficient (Wildman–Crippen LogP) is 2.78. The first kappa shape index (κ1) is 16.7. The maximum Gasteiger partial charge on any atom is 0.261 e. The van der Waals surface area contributed by atoms with E-state index in [4.69, 9.17) is 9.26 Å². The monoisotopic (exact) mass is 337 g/mol. The third-order valence-corrected chi connectivity index (χ3v) is 3.58. The smallest absolute Gasteiger partial charge is 0.261 e. The van der Waals surface area contributed by atoms with Crippen molar-refractivity contribution in [1.29, 1.82) is 0 Å². The van der Waals surface area contributed by atoms with Crippen molar-refractivity contribution in [3.05, 3.63) is 66.0 Å². The zero-order valence-corrected chi connectivity index (χ0v) is 13.9. The molecule has 2 aromatic carbocycles. The molecule has 6 heteroatoms. The van der Waals surface area contributed by atoms with Gasteiger partial charge < -0.3 is 14.6 Å². The summed E-state index contributed by atoms with van der Waals surface area (Å²) in [7, 11) is 0. The summed E-state index contributed by atoms with van der Waals surface area (Å²) < 4.78 is 10.8. The number of carbonyl (C=O) groups excluding carboxylic acids is 1. The number of amides is 1. The van der Waals surface area contributed by atoms with Gasteiger partial charge >= 0.3 is 0 Å². The number of nitrogens with one attached hydrogen (secondary N) is 1. The second-order valence-corrected chi connectivity index (χ2v) is 5.52. The van der Waals surface area contributed by atoms with E-state index in [1.165, 1.54) is 5.56 Å². The molecular weight excluding hydrogens is 318 g/mol. The number of rotatable bonds is 7. The fourth-order valence-electron chi connectivity index (χ4n) is 2.36. The Morgan fingerprint density at radius 2 is 1.88 bits per heavy atom. The minimum Gasteiger partial charge on any atom is -0.483 e. The van der Waals surface area contributed by atoms with Crippen molar-refractivity contribution in [3.8, 4) is 17.2 Å². The second kappa shape index (κ2) is 8.10. The molecule has 0 atom stereocenters. The molecule has 1 N–H and O–H groups in total. The Bertz CT molecular complexity index is 831. The number of nitrogens with zero attached hydrogens (tertiary/aromatic N) is 2. The Morgan fingerprint density at radius 3 is 2.64 bits per heavy atom. The van der Waals surface area contributed by atoms with Gasteiger partial charge in [0.05, 0.1) is 5.56 Å². The van der Waals surface area contributed by atoms with Gasteiger partial charge in [0, 0.05) is 6.54 Å². The van der Waals surface area contributed by atoms with Crippen molar-refractivity contribution in [1.82, 2.24) is 15.5 Å². The van der Waals surface area contributed by atoms with Gasteiger partial charge in [-0.2, -0.15) is 4.98 Å². The maximum absolute atomic E-state index is 12.0. The summed E-state index contributed by atoms with van der Waals surface area (Å²) >= 11 is 0. The van der Waals surface area contributed by atoms with Crippen LogP contribution in [0.15, 0.2) is 59.1 Å². The first-order chi connectivity index (χ1) is 12.2. The van der Waals surface area contributed by atoms with Crippen LogP contribution >= 0.6 is 0 Å². The maximum atomic E-state index is 12.0. The van der Waals surface area contributed by atoms with Crippen LogP contribution < -0.4 is 10.1 Å². The van der Waals surface area contributed by atoms with Crippen LogP contribution in [0.3, 0.4) is 0 Å². The van der Waals surface area contributed by atoms with Crippen molar-refractivity contribution >= 4 is 5.91 Å². The highest BCUT2D eigenvalue weighted by atomic mass is 16.5. The van der Waals surface area contributed by atoms with Crippen LogP contribution in [0.2, 0.25) is 0 Å². The number of carbonyl (C=O) groups is 1. The Hall–Kier alpha value is -3.15. The molecule has 0 unspecified atom stereocenters. The molecule has 6 nitrogen and oxygen atoms in total. The molecule has 1 amide bonds. The SMILES string of the molecule is Cc1noc(-c2ccccc2OCC(=O)NCCc2ccccc2)n1. The minimum atomic E-state index is -0.174. The average molecular weight is 337 g/mol. The summed E-state index contributed by atoms with van der Waals surface area (Å²) in [5, 5.41) is 6.63. The summed E-state index contributed by atoms with van der Waals surface area (Å²) in [6.07, 6.45) is 0.782. The third kappa shape index (κ3) is 4.67. The molecule has 0 saturated heterocycles. The molecule has 0 aliphatic heterocycles. The molecule has 0 aliphatic carbocycles. The van der Waals surface area contributed by atoms with E-state index in [1.807, 2.05) is 48.5 Å². The number of benzene rings is 2. The number of hydrogen-bond acceptors (Lipinski definition) is 5. The number of aromatic nitrogens is 2. The van der Waals surface area contributed by atoms with Gasteiger partial charge in [0.15, 0.2) is 12.4 Å². The van der Waals surface area contributed by atoms with Crippen LogP contribution in [-0.2, 0) is 11.2 Å². The third-order valence-electron chi connectivity index (χ3n) is 3.58. The predicted molar refractivity (Wildman–Crippen MR) is 93.1 cm³/mol. The Labute approximate surface area is 145 Å². The van der Waals surface area contributed by atoms with Gasteiger partial charge in [-0.25, -0.2) is 0 Å². The zero-order valence-electron chi connectivity index (χ0n) is 13.9. The lowest BCUT2D eigenvalue weighted by Crippen LogP contribution is -2.30. The Kier molecular flexibility index (Phi) is 5.41. The average Bonchev–Trinajstić information content (AvgIpc) is 3.07. The van der Waals surface area contributed by atoms with Crippen molar-refractivity contribution in [2.45, 2.75) is 13.3 Å². The molecule has 25 heavy (non-hydrogen) atoms. The molecule has 3 rings (SSSR count). The molecule has 1 aromatic heterocycles. The van der Waals surface area contributed by atoms with Crippen molar-refractivity contribution in [2.24, 2.45) is 0 Å². The standard InChI is InChI=1S/C19H19N3O3/c1-14-21-19(25-22-14)16-9-5-6-10-17(16)24-13-18(23)20-12-11-15-7-3-2-4-8-15/h2-10H,11-13H2,1H3,(H,20,23). The molecule has 1 heterocycles. The van der Waals surface area contributed by atoms with Crippen molar-refractivity contribution in [2.75, 3.05) is 13.2 Å². The highest BCUT2D eigenvalue weighted by Crippen LogP contribution is 2.28. The fourth-order valence-corrected chi connectivity index (χ4v) is 2.36. The largest absolute Gasteiger partial charge is 0.483 e. The van der Waals surface area contributed by atoms with E-state index in [0.29, 0.717) is 29.6 Å². The molecule has 0 fully saturated rings. The van der Waals surface area contributed by atoms with Crippen molar-refractivity contribution in [3.63, 3.8) is 0 Å². The quantitative estimate of drug-likeness (QED) is 0.717. The zero-order chi connectivity index (χ0) is 17.5. The summed E-state index contributed by atoms with van der Waals surface area (Å²) in [5.74, 6) is 1.28. The molecule has 3 aromatic rings. The van der Waals surface area contributed by atoms with Gasteiger partial charge in [0.2, 0.25) is 0 Å². The van der Waals surface area contributed by atoms with Gasteiger partial charge in [-0.1, -0.05) is 47.6 Å². The fraction of sp³-hybridized carbons (Fsp3) is 0.211. The number of ether oxygens (including phenoxy) is 1. The highest BCUT2D eigenvalue weighted by molar-refractivity contribution is 5.77. The molecule has 0 saturated carbocycles. The van der Waals surface area contributed by atoms with Crippen LogP contribution in [-0.4, -0.2) is 29.2 Å². The van der Waals surface area contributed by atoms with Gasteiger partial charge in [0.1, 0.15) is 5.75 Å². The van der Waals surface area contributed by atoms with Gasteiger partial charge in [-0.3, -0.25) is 4.79 Å². The lowest BCUT2D eigenvalue weighted by molar-refractivity contribution is -0.123. The number of aryl methyl sites for hydroxylation is 1. The topological polar surface area (TPSA) is 77.2 Å². The van der Waals surface area contributed by atoms with Crippen LogP contribution in [0.4, 0.5) is 0 Å². The summed E-state index contributed by atoms with van der Waals surface area (Å²) in [4.78, 5) is 16.2. The first-order valence-electron chi connectivity index (χ1n) is 8.05. The molecule has 128 valence electrons. The van der Waals surface area contributed by atoms with Crippen LogP contribution in [0.25, 0.3) is 11.5 Å². The Morgan fingerprint density at radius 1 is 1.12 bits per heavy atom. The lowest BCUT2D eigenvalue weighted by atomic mass is 10.1. The van der Waals surface area contributed by atoms with E-state index in [9.17, 15) is 4.79 Å². The second-order valence-electron chi connectivity index (χ2n) is 5.52. The van der Waals surface area contributed by atoms with Gasteiger partial charge in [-0.15, -0.1) is 0 Å². The molecule has 0 spiro atoms. The number of hydrogen-bond donors (Lipinski definition) is 1. The molecule has 0 aliphatic rings. The van der Waals surface area contributed by atoms with Crippen LogP contribution in [0, 0.1) is 6.92 Å². The van der Waals surface area contributed by atoms with E-state index >= 15 is 0 Å². The summed E-state index contributed by atoms with van der Waals surface area (Å²) in [6.45, 7) is 2.24. The van der Waals surface area contributed by atoms with Gasteiger partial charge in [-0.05, 0) is 31.0 Å². The molecular formula is C19H19N3O3. The molecule has 0 bridgehead atoms. The molecule has 0 radical (unpaired) electrons.